The zero-order chi connectivity index (χ0) is 17.8. The molecule has 1 aromatic rings. The van der Waals surface area contributed by atoms with Crippen LogP contribution < -0.4 is 0 Å². The summed E-state index contributed by atoms with van der Waals surface area (Å²) in [6.07, 6.45) is 6.62. The van der Waals surface area contributed by atoms with Crippen molar-refractivity contribution in [3.63, 3.8) is 0 Å². The van der Waals surface area contributed by atoms with Crippen LogP contribution in [0.2, 0.25) is 0 Å². The molecule has 0 heterocycles. The van der Waals surface area contributed by atoms with E-state index in [-0.39, 0.29) is 17.1 Å². The van der Waals surface area contributed by atoms with Crippen molar-refractivity contribution in [2.75, 3.05) is 0 Å². The van der Waals surface area contributed by atoms with E-state index in [1.165, 1.54) is 11.1 Å². The lowest BCUT2D eigenvalue weighted by Gasteiger charge is -2.54. The van der Waals surface area contributed by atoms with E-state index in [9.17, 15) is 14.9 Å². The first-order chi connectivity index (χ1) is 12.0. The summed E-state index contributed by atoms with van der Waals surface area (Å²) in [6.45, 7) is 4.19. The summed E-state index contributed by atoms with van der Waals surface area (Å²) in [6, 6.07) is 6.45. The van der Waals surface area contributed by atoms with Gasteiger partial charge in [-0.25, -0.2) is 0 Å². The molecular formula is C22H25NO2. The molecule has 0 bridgehead atoms. The molecule has 0 spiro atoms. The van der Waals surface area contributed by atoms with Crippen LogP contribution in [0.4, 0.5) is 0 Å². The predicted octanol–water partition coefficient (Wildman–Crippen LogP) is 4.11. The van der Waals surface area contributed by atoms with E-state index in [1.807, 2.05) is 6.07 Å². The van der Waals surface area contributed by atoms with Crippen LogP contribution in [0.1, 0.15) is 67.2 Å². The fourth-order valence-electron chi connectivity index (χ4n) is 6.17. The summed E-state index contributed by atoms with van der Waals surface area (Å²) in [7, 11) is 0. The molecule has 5 atom stereocenters. The zero-order valence-electron chi connectivity index (χ0n) is 15.0. The van der Waals surface area contributed by atoms with Gasteiger partial charge in [-0.15, -0.1) is 0 Å². The summed E-state index contributed by atoms with van der Waals surface area (Å²) < 4.78 is 0. The second kappa shape index (κ2) is 5.80. The Morgan fingerprint density at radius 2 is 2.04 bits per heavy atom. The average Bonchev–Trinajstić information content (AvgIpc) is 2.63. The maximum absolute atomic E-state index is 12.9. The fourth-order valence-corrected chi connectivity index (χ4v) is 6.17. The van der Waals surface area contributed by atoms with Gasteiger partial charge >= 0.3 is 0 Å². The van der Waals surface area contributed by atoms with Gasteiger partial charge < -0.3 is 4.79 Å². The molecule has 3 heteroatoms. The van der Waals surface area contributed by atoms with E-state index < -0.39 is 0 Å². The second-order valence-corrected chi connectivity index (χ2v) is 8.47. The van der Waals surface area contributed by atoms with Crippen molar-refractivity contribution in [3.8, 4) is 6.07 Å². The minimum absolute atomic E-state index is 0.194. The molecule has 4 unspecified atom stereocenters. The Morgan fingerprint density at radius 1 is 1.24 bits per heavy atom. The van der Waals surface area contributed by atoms with Gasteiger partial charge in [0.25, 0.3) is 0 Å². The SMILES string of the molecule is Cc1c(C#N)ccc2c1CCC1C2CC[C@]2(C)C(=O)C(C=O)CCC12. The smallest absolute Gasteiger partial charge is 0.149 e. The first-order valence-corrected chi connectivity index (χ1v) is 9.53. The highest BCUT2D eigenvalue weighted by Crippen LogP contribution is 2.59. The molecule has 4 rings (SSSR count). The molecule has 0 saturated heterocycles. The third kappa shape index (κ3) is 2.23. The van der Waals surface area contributed by atoms with Crippen LogP contribution in [0.3, 0.4) is 0 Å². The van der Waals surface area contributed by atoms with Crippen molar-refractivity contribution in [2.24, 2.45) is 23.2 Å². The molecule has 3 aliphatic carbocycles. The van der Waals surface area contributed by atoms with Gasteiger partial charge in [-0.05, 0) is 86.0 Å². The first-order valence-electron chi connectivity index (χ1n) is 9.53. The Kier molecular flexibility index (Phi) is 3.83. The lowest BCUT2D eigenvalue weighted by molar-refractivity contribution is -0.147. The molecule has 0 N–H and O–H groups in total. The van der Waals surface area contributed by atoms with E-state index in [0.717, 1.165) is 55.9 Å². The Bertz CT molecular complexity index is 790. The third-order valence-corrected chi connectivity index (χ3v) is 7.56. The number of carbonyl (C=O) groups excluding carboxylic acids is 2. The molecule has 3 aliphatic rings. The Labute approximate surface area is 149 Å². The number of aldehydes is 1. The fraction of sp³-hybridized carbons (Fsp3) is 0.591. The van der Waals surface area contributed by atoms with Crippen molar-refractivity contribution < 1.29 is 9.59 Å². The van der Waals surface area contributed by atoms with Crippen LogP contribution in [0.15, 0.2) is 12.1 Å². The molecule has 2 saturated carbocycles. The normalized spacial score (nSPS) is 36.6. The Balaban J connectivity index is 1.71. The molecule has 0 radical (unpaired) electrons. The molecule has 130 valence electrons. The van der Waals surface area contributed by atoms with E-state index in [2.05, 4.69) is 26.0 Å². The number of Topliss-reactive ketones (excluding diaryl/α,β-unsaturated/α-hetero) is 1. The lowest BCUT2D eigenvalue weighted by atomic mass is 9.49. The summed E-state index contributed by atoms with van der Waals surface area (Å²) in [5, 5.41) is 9.30. The van der Waals surface area contributed by atoms with E-state index in [4.69, 9.17) is 0 Å². The highest BCUT2D eigenvalue weighted by molar-refractivity contribution is 5.98. The topological polar surface area (TPSA) is 57.9 Å². The quantitative estimate of drug-likeness (QED) is 0.573. The molecule has 3 nitrogen and oxygen atoms in total. The van der Waals surface area contributed by atoms with Crippen LogP contribution in [0.5, 0.6) is 0 Å². The third-order valence-electron chi connectivity index (χ3n) is 7.56. The van der Waals surface area contributed by atoms with E-state index in [0.29, 0.717) is 17.8 Å². The first kappa shape index (κ1) is 16.5. The van der Waals surface area contributed by atoms with Gasteiger partial charge in [0.2, 0.25) is 0 Å². The van der Waals surface area contributed by atoms with Gasteiger partial charge in [-0.2, -0.15) is 5.26 Å². The number of hydrogen-bond donors (Lipinski definition) is 0. The molecule has 0 aromatic heterocycles. The number of hydrogen-bond acceptors (Lipinski definition) is 3. The van der Waals surface area contributed by atoms with Crippen LogP contribution in [-0.4, -0.2) is 12.1 Å². The average molecular weight is 335 g/mol. The number of ketones is 1. The molecule has 25 heavy (non-hydrogen) atoms. The van der Waals surface area contributed by atoms with Crippen molar-refractivity contribution >= 4 is 12.1 Å². The molecular weight excluding hydrogens is 310 g/mol. The summed E-state index contributed by atoms with van der Waals surface area (Å²) >= 11 is 0. The highest BCUT2D eigenvalue weighted by atomic mass is 16.1. The number of rotatable bonds is 1. The van der Waals surface area contributed by atoms with Crippen molar-refractivity contribution in [3.05, 3.63) is 34.4 Å². The summed E-state index contributed by atoms with van der Waals surface area (Å²) in [5.74, 6) is 1.26. The van der Waals surface area contributed by atoms with E-state index >= 15 is 0 Å². The highest BCUT2D eigenvalue weighted by Gasteiger charge is 2.55. The monoisotopic (exact) mass is 335 g/mol. The maximum Gasteiger partial charge on any atom is 0.149 e. The minimum atomic E-state index is -0.380. The standard InChI is InChI=1S/C22H25NO2/c1-13-14(11-23)3-5-17-16(13)6-7-19-18(17)9-10-22(2)20(19)8-4-15(12-24)21(22)25/h3,5,12,15,18-20H,4,6-10H2,1-2H3/t15?,18?,19?,20?,22-/m0/s1. The summed E-state index contributed by atoms with van der Waals surface area (Å²) in [5.41, 5.74) is 4.41. The van der Waals surface area contributed by atoms with Crippen LogP contribution in [-0.2, 0) is 16.0 Å². The summed E-state index contributed by atoms with van der Waals surface area (Å²) in [4.78, 5) is 24.2. The number of carbonyl (C=O) groups is 2. The van der Waals surface area contributed by atoms with Gasteiger partial charge in [0.05, 0.1) is 17.6 Å². The van der Waals surface area contributed by atoms with Crippen molar-refractivity contribution in [2.45, 2.75) is 58.3 Å². The van der Waals surface area contributed by atoms with Crippen molar-refractivity contribution in [1.29, 1.82) is 5.26 Å². The number of nitrogens with zero attached hydrogens (tertiary/aromatic N) is 1. The molecule has 1 aromatic carbocycles. The minimum Gasteiger partial charge on any atom is -0.303 e. The molecule has 0 aliphatic heterocycles. The predicted molar refractivity (Wildman–Crippen MR) is 95.1 cm³/mol. The Morgan fingerprint density at radius 3 is 2.76 bits per heavy atom. The van der Waals surface area contributed by atoms with Gasteiger partial charge in [0.1, 0.15) is 12.1 Å². The van der Waals surface area contributed by atoms with E-state index in [1.54, 1.807) is 0 Å². The Hall–Kier alpha value is -1.95. The maximum atomic E-state index is 12.9. The lowest BCUT2D eigenvalue weighted by Crippen LogP contribution is -2.52. The number of benzene rings is 1. The van der Waals surface area contributed by atoms with Gasteiger partial charge in [0.15, 0.2) is 0 Å². The van der Waals surface area contributed by atoms with Crippen LogP contribution in [0, 0.1) is 41.4 Å². The van der Waals surface area contributed by atoms with Crippen molar-refractivity contribution in [1.82, 2.24) is 0 Å². The molecule has 2 fully saturated rings. The van der Waals surface area contributed by atoms with Crippen LogP contribution >= 0.6 is 0 Å². The van der Waals surface area contributed by atoms with Crippen LogP contribution in [0.25, 0.3) is 0 Å². The number of nitriles is 1. The molecule has 0 amide bonds. The largest absolute Gasteiger partial charge is 0.303 e. The second-order valence-electron chi connectivity index (χ2n) is 8.47. The number of fused-ring (bicyclic) bond motifs is 5. The van der Waals surface area contributed by atoms with Gasteiger partial charge in [0, 0.05) is 5.41 Å². The van der Waals surface area contributed by atoms with Gasteiger partial charge in [-0.1, -0.05) is 13.0 Å². The zero-order valence-corrected chi connectivity index (χ0v) is 15.0. The van der Waals surface area contributed by atoms with Gasteiger partial charge in [-0.3, -0.25) is 4.79 Å².